The molecule has 0 aliphatic carbocycles. The number of rotatable bonds is 8. The normalized spacial score (nSPS) is 15.5. The molecule has 3 rings (SSSR count). The van der Waals surface area contributed by atoms with Crippen molar-refractivity contribution in [3.63, 3.8) is 0 Å². The van der Waals surface area contributed by atoms with Crippen LogP contribution < -0.4 is 10.6 Å². The highest BCUT2D eigenvalue weighted by Crippen LogP contribution is 2.13. The van der Waals surface area contributed by atoms with E-state index in [2.05, 4.69) is 25.7 Å². The molecule has 0 amide bonds. The third-order valence-electron chi connectivity index (χ3n) is 4.70. The zero-order valence-electron chi connectivity index (χ0n) is 17.0. The third kappa shape index (κ3) is 7.13. The number of hydrogen-bond donors (Lipinski definition) is 2. The Hall–Kier alpha value is -1.86. The number of nitrogens with zero attached hydrogens (tertiary/aromatic N) is 4. The molecular weight excluding hydrogens is 519 g/mol. The quantitative estimate of drug-likeness (QED) is 0.225. The summed E-state index contributed by atoms with van der Waals surface area (Å²) < 4.78 is 31.3. The summed E-state index contributed by atoms with van der Waals surface area (Å²) >= 11 is 0. The summed E-state index contributed by atoms with van der Waals surface area (Å²) in [7, 11) is -1.65. The average Bonchev–Trinajstić information content (AvgIpc) is 3.24. The molecule has 1 aliphatic heterocycles. The lowest BCUT2D eigenvalue weighted by molar-refractivity contribution is 0.260. The van der Waals surface area contributed by atoms with Gasteiger partial charge in [0.2, 0.25) is 10.0 Å². The fourth-order valence-corrected chi connectivity index (χ4v) is 4.60. The number of aromatic nitrogens is 1. The fourth-order valence-electron chi connectivity index (χ4n) is 3.18. The molecule has 1 aromatic carbocycles. The van der Waals surface area contributed by atoms with Gasteiger partial charge in [-0.2, -0.15) is 4.31 Å². The molecule has 1 aromatic heterocycles. The van der Waals surface area contributed by atoms with Gasteiger partial charge in [0, 0.05) is 58.1 Å². The Bertz CT molecular complexity index is 869. The molecule has 1 aliphatic rings. The van der Waals surface area contributed by atoms with Crippen LogP contribution in [0.5, 0.6) is 0 Å². The van der Waals surface area contributed by atoms with Gasteiger partial charge in [0.05, 0.1) is 5.69 Å². The Kier molecular flexibility index (Phi) is 9.85. The number of aliphatic imine (C=N–C) groups is 1. The summed E-state index contributed by atoms with van der Waals surface area (Å²) in [4.78, 5) is 6.43. The first kappa shape index (κ1) is 24.4. The maximum absolute atomic E-state index is 12.5. The van der Waals surface area contributed by atoms with Crippen LogP contribution in [0.1, 0.15) is 12.1 Å². The van der Waals surface area contributed by atoms with Gasteiger partial charge in [-0.3, -0.25) is 4.99 Å². The van der Waals surface area contributed by atoms with Crippen LogP contribution in [-0.2, 0) is 15.8 Å². The van der Waals surface area contributed by atoms with Crippen LogP contribution >= 0.6 is 24.0 Å². The molecule has 0 radical (unpaired) electrons. The highest BCUT2D eigenvalue weighted by molar-refractivity contribution is 14.0. The van der Waals surface area contributed by atoms with Crippen LogP contribution in [0.3, 0.4) is 0 Å². The number of piperazine rings is 1. The Morgan fingerprint density at radius 2 is 1.87 bits per heavy atom. The molecule has 2 N–H and O–H groups in total. The average molecular weight is 548 g/mol. The standard InChI is InChI=1S/C19H28N6O3S.HI/c1-20-19(22-10-5-9-21-17-6-3-2-4-7-17)24-11-13-25(14-12-24)29(26,27)16-18-8-15-28-23-18;/h2-4,6-8,15,21H,5,9-14,16H2,1H3,(H,20,22);1H. The summed E-state index contributed by atoms with van der Waals surface area (Å²) in [5, 5.41) is 10.4. The van der Waals surface area contributed by atoms with Crippen LogP contribution in [0.15, 0.2) is 52.2 Å². The van der Waals surface area contributed by atoms with Crippen LogP contribution in [0, 0.1) is 0 Å². The van der Waals surface area contributed by atoms with Gasteiger partial charge in [-0.05, 0) is 18.6 Å². The van der Waals surface area contributed by atoms with Gasteiger partial charge in [-0.25, -0.2) is 8.42 Å². The zero-order chi connectivity index (χ0) is 20.5. The predicted octanol–water partition coefficient (Wildman–Crippen LogP) is 1.82. The second kappa shape index (κ2) is 12.1. The summed E-state index contributed by atoms with van der Waals surface area (Å²) in [5.74, 6) is 0.670. The highest BCUT2D eigenvalue weighted by Gasteiger charge is 2.28. The van der Waals surface area contributed by atoms with Crippen LogP contribution in [0.4, 0.5) is 5.69 Å². The van der Waals surface area contributed by atoms with Gasteiger partial charge >= 0.3 is 0 Å². The first-order chi connectivity index (χ1) is 14.1. The molecule has 2 heterocycles. The predicted molar refractivity (Wildman–Crippen MR) is 129 cm³/mol. The lowest BCUT2D eigenvalue weighted by Gasteiger charge is -2.35. The van der Waals surface area contributed by atoms with E-state index in [1.165, 1.54) is 10.6 Å². The number of para-hydroxylation sites is 1. The lowest BCUT2D eigenvalue weighted by Crippen LogP contribution is -2.54. The molecule has 1 fully saturated rings. The maximum atomic E-state index is 12.5. The maximum Gasteiger partial charge on any atom is 0.220 e. The van der Waals surface area contributed by atoms with Crippen molar-refractivity contribution in [1.82, 2.24) is 19.7 Å². The molecule has 0 atom stereocenters. The van der Waals surface area contributed by atoms with Gasteiger partial charge in [-0.15, -0.1) is 24.0 Å². The first-order valence-corrected chi connectivity index (χ1v) is 11.3. The Morgan fingerprint density at radius 3 is 2.50 bits per heavy atom. The fraction of sp³-hybridized carbons (Fsp3) is 0.474. The topological polar surface area (TPSA) is 103 Å². The molecule has 11 heteroatoms. The van der Waals surface area contributed by atoms with E-state index in [1.54, 1.807) is 13.1 Å². The number of nitrogens with one attached hydrogen (secondary N) is 2. The van der Waals surface area contributed by atoms with Crippen LogP contribution in [0.2, 0.25) is 0 Å². The summed E-state index contributed by atoms with van der Waals surface area (Å²) in [5.41, 5.74) is 1.54. The van der Waals surface area contributed by atoms with Crippen molar-refractivity contribution in [1.29, 1.82) is 0 Å². The minimum absolute atomic E-state index is 0. The summed E-state index contributed by atoms with van der Waals surface area (Å²) in [6, 6.07) is 11.7. The van der Waals surface area contributed by atoms with Gasteiger partial charge in [0.25, 0.3) is 0 Å². The van der Waals surface area contributed by atoms with E-state index in [0.29, 0.717) is 31.9 Å². The second-order valence-corrected chi connectivity index (χ2v) is 8.72. The minimum Gasteiger partial charge on any atom is -0.385 e. The van der Waals surface area contributed by atoms with Crippen molar-refractivity contribution in [3.8, 4) is 0 Å². The molecule has 30 heavy (non-hydrogen) atoms. The van der Waals surface area contributed by atoms with Gasteiger partial charge < -0.3 is 20.1 Å². The highest BCUT2D eigenvalue weighted by atomic mass is 127. The van der Waals surface area contributed by atoms with Crippen molar-refractivity contribution in [2.75, 3.05) is 51.6 Å². The molecule has 0 spiro atoms. The van der Waals surface area contributed by atoms with Gasteiger partial charge in [-0.1, -0.05) is 23.4 Å². The Balaban J connectivity index is 0.00000320. The first-order valence-electron chi connectivity index (χ1n) is 9.70. The number of hydrogen-bond acceptors (Lipinski definition) is 6. The second-order valence-electron chi connectivity index (χ2n) is 6.75. The Morgan fingerprint density at radius 1 is 1.13 bits per heavy atom. The number of anilines is 1. The smallest absolute Gasteiger partial charge is 0.220 e. The van der Waals surface area contributed by atoms with E-state index in [9.17, 15) is 8.42 Å². The van der Waals surface area contributed by atoms with Crippen molar-refractivity contribution in [3.05, 3.63) is 48.4 Å². The van der Waals surface area contributed by atoms with Crippen molar-refractivity contribution >= 4 is 45.6 Å². The molecule has 0 saturated carbocycles. The van der Waals surface area contributed by atoms with Crippen LogP contribution in [0.25, 0.3) is 0 Å². The van der Waals surface area contributed by atoms with Crippen molar-refractivity contribution < 1.29 is 12.9 Å². The number of benzene rings is 1. The summed E-state index contributed by atoms with van der Waals surface area (Å²) in [6.45, 7) is 3.70. The number of sulfonamides is 1. The Labute approximate surface area is 195 Å². The van der Waals surface area contributed by atoms with E-state index in [0.717, 1.165) is 31.2 Å². The molecule has 9 nitrogen and oxygen atoms in total. The minimum atomic E-state index is -3.40. The van der Waals surface area contributed by atoms with E-state index in [1.807, 2.05) is 30.3 Å². The molecule has 1 saturated heterocycles. The van der Waals surface area contributed by atoms with Crippen molar-refractivity contribution in [2.45, 2.75) is 12.2 Å². The van der Waals surface area contributed by atoms with Crippen molar-refractivity contribution in [2.24, 2.45) is 4.99 Å². The molecule has 0 bridgehead atoms. The van der Waals surface area contributed by atoms with E-state index in [4.69, 9.17) is 4.52 Å². The van der Waals surface area contributed by atoms with Gasteiger partial charge in [0.15, 0.2) is 5.96 Å². The molecule has 166 valence electrons. The molecule has 2 aromatic rings. The largest absolute Gasteiger partial charge is 0.385 e. The van der Waals surface area contributed by atoms with E-state index in [-0.39, 0.29) is 29.7 Å². The van der Waals surface area contributed by atoms with E-state index >= 15 is 0 Å². The zero-order valence-corrected chi connectivity index (χ0v) is 20.2. The monoisotopic (exact) mass is 548 g/mol. The summed E-state index contributed by atoms with van der Waals surface area (Å²) in [6.07, 6.45) is 2.33. The molecule has 0 unspecified atom stereocenters. The van der Waals surface area contributed by atoms with Crippen LogP contribution in [-0.4, -0.2) is 75.1 Å². The number of guanidine groups is 1. The third-order valence-corrected chi connectivity index (χ3v) is 6.52. The lowest BCUT2D eigenvalue weighted by atomic mass is 10.3. The molecular formula is C19H29IN6O3S. The SMILES string of the molecule is CN=C(NCCCNc1ccccc1)N1CCN(S(=O)(=O)Cc2ccon2)CC1.I. The number of halogens is 1. The van der Waals surface area contributed by atoms with Gasteiger partial charge in [0.1, 0.15) is 12.0 Å². The van der Waals surface area contributed by atoms with E-state index < -0.39 is 10.0 Å².